The second-order valence-corrected chi connectivity index (χ2v) is 8.68. The lowest BCUT2D eigenvalue weighted by Gasteiger charge is -2.14. The van der Waals surface area contributed by atoms with Gasteiger partial charge in [-0.15, -0.1) is 0 Å². The molecule has 5 rings (SSSR count). The molecule has 5 aromatic rings. The van der Waals surface area contributed by atoms with E-state index in [9.17, 15) is 14.4 Å². The number of esters is 2. The molecule has 196 valence electrons. The Morgan fingerprint density at radius 1 is 0.692 bits per heavy atom. The minimum atomic E-state index is -0.460. The fourth-order valence-electron chi connectivity index (χ4n) is 4.18. The first-order valence-corrected chi connectivity index (χ1v) is 12.1. The summed E-state index contributed by atoms with van der Waals surface area (Å²) in [6.45, 7) is 0.404. The van der Waals surface area contributed by atoms with E-state index in [-0.39, 0.29) is 13.2 Å². The molecule has 0 N–H and O–H groups in total. The molecule has 0 unspecified atom stereocenters. The summed E-state index contributed by atoms with van der Waals surface area (Å²) in [5.41, 5.74) is 2.40. The first kappa shape index (κ1) is 25.5. The van der Waals surface area contributed by atoms with Gasteiger partial charge in [0.05, 0.1) is 36.1 Å². The van der Waals surface area contributed by atoms with Crippen LogP contribution in [0.4, 0.5) is 0 Å². The number of hydrogen-bond donors (Lipinski definition) is 0. The summed E-state index contributed by atoms with van der Waals surface area (Å²) in [5, 5.41) is 1.78. The highest BCUT2D eigenvalue weighted by atomic mass is 16.5. The lowest BCUT2D eigenvalue weighted by molar-refractivity contribution is 0.0592. The number of benzene rings is 4. The van der Waals surface area contributed by atoms with Gasteiger partial charge in [-0.1, -0.05) is 42.5 Å². The van der Waals surface area contributed by atoms with Crippen LogP contribution < -0.4 is 15.1 Å². The minimum absolute atomic E-state index is 0.197. The van der Waals surface area contributed by atoms with Crippen molar-refractivity contribution >= 4 is 33.7 Å². The summed E-state index contributed by atoms with van der Waals surface area (Å²) < 4.78 is 27.4. The SMILES string of the molecule is COC(=O)c1ccc(COc2cc(OCc3ccc(C(=O)OC)cc3)c3c(c2)oc(=O)c2ccccc23)cc1. The molecule has 0 aliphatic heterocycles. The van der Waals surface area contributed by atoms with Crippen molar-refractivity contribution in [2.75, 3.05) is 14.2 Å². The molecule has 0 saturated carbocycles. The summed E-state index contributed by atoms with van der Waals surface area (Å²) in [4.78, 5) is 36.1. The van der Waals surface area contributed by atoms with Crippen LogP contribution in [0.5, 0.6) is 11.5 Å². The molecule has 0 amide bonds. The largest absolute Gasteiger partial charge is 0.489 e. The molecule has 0 fully saturated rings. The van der Waals surface area contributed by atoms with E-state index in [0.717, 1.165) is 11.1 Å². The van der Waals surface area contributed by atoms with Crippen molar-refractivity contribution in [2.24, 2.45) is 0 Å². The molecule has 0 spiro atoms. The standard InChI is InChI=1S/C31H24O8/c1-35-29(32)21-11-7-19(8-12-21)17-37-23-15-26(38-18-20-9-13-22(14-10-20)30(33)36-2)28-24-5-3-4-6-25(24)31(34)39-27(28)16-23/h3-16H,17-18H2,1-2H3. The zero-order valence-electron chi connectivity index (χ0n) is 21.3. The highest BCUT2D eigenvalue weighted by Gasteiger charge is 2.15. The van der Waals surface area contributed by atoms with Gasteiger partial charge in [0.1, 0.15) is 30.3 Å². The zero-order chi connectivity index (χ0) is 27.4. The van der Waals surface area contributed by atoms with Gasteiger partial charge < -0.3 is 23.4 Å². The highest BCUT2D eigenvalue weighted by molar-refractivity contribution is 6.08. The molecular weight excluding hydrogens is 500 g/mol. The Balaban J connectivity index is 1.46. The predicted octanol–water partition coefficient (Wildman–Crippen LogP) is 5.68. The van der Waals surface area contributed by atoms with Gasteiger partial charge in [0.15, 0.2) is 0 Å². The van der Waals surface area contributed by atoms with Crippen molar-refractivity contribution in [1.82, 2.24) is 0 Å². The number of carbonyl (C=O) groups excluding carboxylic acids is 2. The van der Waals surface area contributed by atoms with E-state index < -0.39 is 17.6 Å². The molecule has 0 aliphatic rings. The van der Waals surface area contributed by atoms with Crippen LogP contribution in [0.25, 0.3) is 21.7 Å². The Labute approximate surface area is 223 Å². The zero-order valence-corrected chi connectivity index (χ0v) is 21.3. The molecular formula is C31H24O8. The van der Waals surface area contributed by atoms with Crippen molar-refractivity contribution < 1.29 is 33.0 Å². The van der Waals surface area contributed by atoms with E-state index in [0.29, 0.717) is 44.4 Å². The van der Waals surface area contributed by atoms with Crippen LogP contribution in [0.3, 0.4) is 0 Å². The van der Waals surface area contributed by atoms with Gasteiger partial charge in [-0.05, 0) is 41.5 Å². The van der Waals surface area contributed by atoms with Gasteiger partial charge in [0.2, 0.25) is 0 Å². The maximum Gasteiger partial charge on any atom is 0.344 e. The highest BCUT2D eigenvalue weighted by Crippen LogP contribution is 2.36. The van der Waals surface area contributed by atoms with E-state index in [1.54, 1.807) is 72.8 Å². The maximum absolute atomic E-state index is 12.7. The third kappa shape index (κ3) is 5.45. The monoisotopic (exact) mass is 524 g/mol. The number of carbonyl (C=O) groups is 2. The Bertz CT molecular complexity index is 1720. The number of fused-ring (bicyclic) bond motifs is 3. The maximum atomic E-state index is 12.7. The first-order valence-electron chi connectivity index (χ1n) is 12.1. The molecule has 4 aromatic carbocycles. The van der Waals surface area contributed by atoms with Gasteiger partial charge >= 0.3 is 17.6 Å². The van der Waals surface area contributed by atoms with Crippen molar-refractivity contribution in [3.63, 3.8) is 0 Å². The normalized spacial score (nSPS) is 10.8. The van der Waals surface area contributed by atoms with Crippen LogP contribution in [-0.4, -0.2) is 26.2 Å². The summed E-state index contributed by atoms with van der Waals surface area (Å²) in [7, 11) is 2.66. The number of hydrogen-bond acceptors (Lipinski definition) is 8. The summed E-state index contributed by atoms with van der Waals surface area (Å²) >= 11 is 0. The summed E-state index contributed by atoms with van der Waals surface area (Å²) in [6, 6.07) is 24.4. The molecule has 8 heteroatoms. The topological polar surface area (TPSA) is 101 Å². The molecule has 8 nitrogen and oxygen atoms in total. The number of rotatable bonds is 8. The summed E-state index contributed by atoms with van der Waals surface area (Å²) in [6.07, 6.45) is 0. The third-order valence-electron chi connectivity index (χ3n) is 6.21. The van der Waals surface area contributed by atoms with E-state index >= 15 is 0 Å². The van der Waals surface area contributed by atoms with E-state index in [1.165, 1.54) is 14.2 Å². The number of methoxy groups -OCH3 is 2. The van der Waals surface area contributed by atoms with Crippen molar-refractivity contribution in [3.05, 3.63) is 118 Å². The number of ether oxygens (including phenoxy) is 4. The molecule has 1 heterocycles. The third-order valence-corrected chi connectivity index (χ3v) is 6.21. The molecule has 1 aromatic heterocycles. The van der Waals surface area contributed by atoms with Gasteiger partial charge in [0.25, 0.3) is 0 Å². The van der Waals surface area contributed by atoms with Crippen LogP contribution in [0.15, 0.2) is 94.1 Å². The Hall–Kier alpha value is -5.11. The van der Waals surface area contributed by atoms with Crippen LogP contribution in [0.1, 0.15) is 31.8 Å². The molecule has 0 atom stereocenters. The Morgan fingerprint density at radius 3 is 1.79 bits per heavy atom. The van der Waals surface area contributed by atoms with Crippen molar-refractivity contribution in [1.29, 1.82) is 0 Å². The Morgan fingerprint density at radius 2 is 1.23 bits per heavy atom. The smallest absolute Gasteiger partial charge is 0.344 e. The van der Waals surface area contributed by atoms with Crippen LogP contribution in [-0.2, 0) is 22.7 Å². The fourth-order valence-corrected chi connectivity index (χ4v) is 4.18. The second kappa shape index (κ2) is 11.1. The molecule has 0 aliphatic carbocycles. The van der Waals surface area contributed by atoms with Gasteiger partial charge in [-0.25, -0.2) is 14.4 Å². The van der Waals surface area contributed by atoms with Gasteiger partial charge in [0, 0.05) is 17.5 Å². The van der Waals surface area contributed by atoms with E-state index in [2.05, 4.69) is 0 Å². The fraction of sp³-hybridized carbons (Fsp3) is 0.129. The van der Waals surface area contributed by atoms with Crippen LogP contribution in [0.2, 0.25) is 0 Å². The molecule has 0 radical (unpaired) electrons. The quantitative estimate of drug-likeness (QED) is 0.145. The average molecular weight is 525 g/mol. The lowest BCUT2D eigenvalue weighted by Crippen LogP contribution is -2.04. The second-order valence-electron chi connectivity index (χ2n) is 8.68. The van der Waals surface area contributed by atoms with Crippen molar-refractivity contribution in [3.8, 4) is 11.5 Å². The van der Waals surface area contributed by atoms with Crippen molar-refractivity contribution in [2.45, 2.75) is 13.2 Å². The molecule has 0 bridgehead atoms. The minimum Gasteiger partial charge on any atom is -0.489 e. The molecule has 39 heavy (non-hydrogen) atoms. The lowest BCUT2D eigenvalue weighted by atomic mass is 10.1. The average Bonchev–Trinajstić information content (AvgIpc) is 2.98. The van der Waals surface area contributed by atoms with E-state index in [4.69, 9.17) is 23.4 Å². The first-order chi connectivity index (χ1) is 19.0. The summed E-state index contributed by atoms with van der Waals surface area (Å²) in [5.74, 6) is 0.0790. The predicted molar refractivity (Wildman–Crippen MR) is 144 cm³/mol. The van der Waals surface area contributed by atoms with Crippen LogP contribution >= 0.6 is 0 Å². The Kier molecular flexibility index (Phi) is 7.27. The van der Waals surface area contributed by atoms with Gasteiger partial charge in [-0.3, -0.25) is 0 Å². The van der Waals surface area contributed by atoms with Gasteiger partial charge in [-0.2, -0.15) is 0 Å². The molecule has 0 saturated heterocycles. The van der Waals surface area contributed by atoms with Crippen LogP contribution in [0, 0.1) is 0 Å². The van der Waals surface area contributed by atoms with E-state index in [1.807, 2.05) is 12.1 Å².